The summed E-state index contributed by atoms with van der Waals surface area (Å²) in [5.74, 6) is -1.84. The second-order valence-corrected chi connectivity index (χ2v) is 6.95. The summed E-state index contributed by atoms with van der Waals surface area (Å²) in [7, 11) is 0. The number of rotatable bonds is 9. The van der Waals surface area contributed by atoms with Gasteiger partial charge in [0.25, 0.3) is 5.91 Å². The molecule has 0 radical (unpaired) electrons. The second-order valence-electron chi connectivity index (χ2n) is 6.95. The summed E-state index contributed by atoms with van der Waals surface area (Å²) >= 11 is 0. The lowest BCUT2D eigenvalue weighted by Gasteiger charge is -2.09. The quantitative estimate of drug-likeness (QED) is 0.533. The van der Waals surface area contributed by atoms with Gasteiger partial charge in [-0.3, -0.25) is 9.48 Å². The van der Waals surface area contributed by atoms with Crippen molar-refractivity contribution in [2.45, 2.75) is 26.9 Å². The summed E-state index contributed by atoms with van der Waals surface area (Å²) in [4.78, 5) is 23.8. The highest BCUT2D eigenvalue weighted by Crippen LogP contribution is 2.16. The molecule has 3 rings (SSSR count). The molecule has 0 aliphatic rings. The lowest BCUT2D eigenvalue weighted by Crippen LogP contribution is -2.29. The van der Waals surface area contributed by atoms with Crippen LogP contribution in [0.4, 0.5) is 4.39 Å². The predicted octanol–water partition coefficient (Wildman–Crippen LogP) is 2.93. The molecule has 0 aliphatic carbocycles. The molecule has 31 heavy (non-hydrogen) atoms. The van der Waals surface area contributed by atoms with Gasteiger partial charge in [-0.2, -0.15) is 5.10 Å². The highest BCUT2D eigenvalue weighted by atomic mass is 19.1. The van der Waals surface area contributed by atoms with E-state index in [0.717, 1.165) is 22.5 Å². The van der Waals surface area contributed by atoms with Gasteiger partial charge in [0.15, 0.2) is 24.8 Å². The molecular formula is C23H24FN3O4. The number of carbonyl (C=O) groups is 2. The van der Waals surface area contributed by atoms with Gasteiger partial charge in [0.05, 0.1) is 12.2 Å². The molecule has 0 spiro atoms. The molecule has 0 atom stereocenters. The third kappa shape index (κ3) is 6.15. The number of nitrogens with one attached hydrogen (secondary N) is 1. The van der Waals surface area contributed by atoms with Crippen molar-refractivity contribution in [1.29, 1.82) is 0 Å². The van der Waals surface area contributed by atoms with Gasteiger partial charge in [0.1, 0.15) is 0 Å². The van der Waals surface area contributed by atoms with Crippen LogP contribution in [0.2, 0.25) is 0 Å². The van der Waals surface area contributed by atoms with Gasteiger partial charge in [-0.15, -0.1) is 0 Å². The van der Waals surface area contributed by atoms with E-state index in [4.69, 9.17) is 9.47 Å². The fourth-order valence-corrected chi connectivity index (χ4v) is 3.02. The Bertz CT molecular complexity index is 1050. The van der Waals surface area contributed by atoms with Crippen molar-refractivity contribution in [3.8, 4) is 5.75 Å². The normalized spacial score (nSPS) is 10.5. The van der Waals surface area contributed by atoms with E-state index in [9.17, 15) is 14.0 Å². The van der Waals surface area contributed by atoms with Gasteiger partial charge in [-0.25, -0.2) is 9.18 Å². The number of ether oxygens (including phenoxy) is 2. The van der Waals surface area contributed by atoms with E-state index >= 15 is 0 Å². The van der Waals surface area contributed by atoms with Crippen molar-refractivity contribution in [3.63, 3.8) is 0 Å². The summed E-state index contributed by atoms with van der Waals surface area (Å²) in [6.45, 7) is 3.81. The van der Waals surface area contributed by atoms with Crippen LogP contribution in [-0.4, -0.2) is 34.9 Å². The molecule has 0 bridgehead atoms. The van der Waals surface area contributed by atoms with Crippen LogP contribution < -0.4 is 10.1 Å². The molecule has 1 aromatic heterocycles. The highest BCUT2D eigenvalue weighted by Gasteiger charge is 2.14. The van der Waals surface area contributed by atoms with Gasteiger partial charge in [-0.1, -0.05) is 42.5 Å². The first kappa shape index (κ1) is 22.0. The van der Waals surface area contributed by atoms with Crippen molar-refractivity contribution < 1.29 is 23.5 Å². The van der Waals surface area contributed by atoms with Crippen molar-refractivity contribution in [1.82, 2.24) is 15.1 Å². The number of hydrogen-bond acceptors (Lipinski definition) is 5. The zero-order valence-electron chi connectivity index (χ0n) is 17.4. The molecule has 0 aliphatic heterocycles. The number of benzene rings is 2. The Balaban J connectivity index is 1.45. The number of amides is 1. The van der Waals surface area contributed by atoms with E-state index < -0.39 is 30.9 Å². The number of nitrogens with zero attached hydrogens (tertiary/aromatic N) is 2. The van der Waals surface area contributed by atoms with Crippen LogP contribution in [0.25, 0.3) is 0 Å². The number of halogens is 1. The van der Waals surface area contributed by atoms with Crippen LogP contribution >= 0.6 is 0 Å². The molecular weight excluding hydrogens is 401 g/mol. The van der Waals surface area contributed by atoms with E-state index in [1.165, 1.54) is 18.2 Å². The fraction of sp³-hybridized carbons (Fsp3) is 0.261. The third-order valence-electron chi connectivity index (χ3n) is 4.72. The standard InChI is InChI=1S/C23H24FN3O4/c1-16-19(17(2)27(26-16)13-18-8-4-3-5-9-18)12-25-22(28)14-31-23(29)15-30-21-11-7-6-10-20(21)24/h3-11H,12-15H2,1-2H3,(H,25,28). The first-order chi connectivity index (χ1) is 14.9. The Morgan fingerprint density at radius 3 is 2.48 bits per heavy atom. The van der Waals surface area contributed by atoms with Gasteiger partial charge < -0.3 is 14.8 Å². The lowest BCUT2D eigenvalue weighted by atomic mass is 10.2. The van der Waals surface area contributed by atoms with E-state index in [0.29, 0.717) is 6.54 Å². The molecule has 0 saturated carbocycles. The Labute approximate surface area is 179 Å². The summed E-state index contributed by atoms with van der Waals surface area (Å²) in [5.41, 5.74) is 3.83. The van der Waals surface area contributed by atoms with Crippen LogP contribution in [0.1, 0.15) is 22.5 Å². The minimum atomic E-state index is -0.763. The molecule has 0 saturated heterocycles. The summed E-state index contributed by atoms with van der Waals surface area (Å²) < 4.78 is 25.3. The number of aromatic nitrogens is 2. The van der Waals surface area contributed by atoms with Crippen molar-refractivity contribution in [2.24, 2.45) is 0 Å². The molecule has 0 fully saturated rings. The zero-order valence-corrected chi connectivity index (χ0v) is 17.4. The third-order valence-corrected chi connectivity index (χ3v) is 4.72. The van der Waals surface area contributed by atoms with E-state index in [1.807, 2.05) is 48.9 Å². The molecule has 1 heterocycles. The first-order valence-corrected chi connectivity index (χ1v) is 9.80. The van der Waals surface area contributed by atoms with Crippen LogP contribution in [0.15, 0.2) is 54.6 Å². The van der Waals surface area contributed by atoms with E-state index in [1.54, 1.807) is 6.07 Å². The minimum Gasteiger partial charge on any atom is -0.479 e. The maximum Gasteiger partial charge on any atom is 0.344 e. The maximum atomic E-state index is 13.5. The Kier molecular flexibility index (Phi) is 7.37. The number of aryl methyl sites for hydroxylation is 1. The number of para-hydroxylation sites is 1. The van der Waals surface area contributed by atoms with Crippen molar-refractivity contribution >= 4 is 11.9 Å². The number of carbonyl (C=O) groups excluding carboxylic acids is 2. The van der Waals surface area contributed by atoms with Crippen LogP contribution in [0.5, 0.6) is 5.75 Å². The minimum absolute atomic E-state index is 0.0534. The Morgan fingerprint density at radius 2 is 1.74 bits per heavy atom. The van der Waals surface area contributed by atoms with Crippen LogP contribution in [0, 0.1) is 19.7 Å². The molecule has 0 unspecified atom stereocenters. The predicted molar refractivity (Wildman–Crippen MR) is 112 cm³/mol. The molecule has 162 valence electrons. The maximum absolute atomic E-state index is 13.5. The molecule has 2 aromatic carbocycles. The average Bonchev–Trinajstić information content (AvgIpc) is 3.03. The largest absolute Gasteiger partial charge is 0.479 e. The van der Waals surface area contributed by atoms with Gasteiger partial charge >= 0.3 is 5.97 Å². The monoisotopic (exact) mass is 425 g/mol. The lowest BCUT2D eigenvalue weighted by molar-refractivity contribution is -0.150. The SMILES string of the molecule is Cc1nn(Cc2ccccc2)c(C)c1CNC(=O)COC(=O)COc1ccccc1F. The second kappa shape index (κ2) is 10.4. The van der Waals surface area contributed by atoms with Crippen molar-refractivity contribution in [2.75, 3.05) is 13.2 Å². The summed E-state index contributed by atoms with van der Waals surface area (Å²) in [6, 6.07) is 15.7. The van der Waals surface area contributed by atoms with Crippen LogP contribution in [-0.2, 0) is 27.4 Å². The molecule has 8 heteroatoms. The van der Waals surface area contributed by atoms with E-state index in [-0.39, 0.29) is 12.3 Å². The van der Waals surface area contributed by atoms with E-state index in [2.05, 4.69) is 10.4 Å². The summed E-state index contributed by atoms with van der Waals surface area (Å²) in [6.07, 6.45) is 0. The Hall–Kier alpha value is -3.68. The van der Waals surface area contributed by atoms with Gasteiger partial charge in [0, 0.05) is 17.8 Å². The molecule has 1 N–H and O–H groups in total. The first-order valence-electron chi connectivity index (χ1n) is 9.80. The molecule has 3 aromatic rings. The topological polar surface area (TPSA) is 82.5 Å². The number of esters is 1. The average molecular weight is 425 g/mol. The van der Waals surface area contributed by atoms with Crippen LogP contribution in [0.3, 0.4) is 0 Å². The van der Waals surface area contributed by atoms with Gasteiger partial charge in [0.2, 0.25) is 0 Å². The fourth-order valence-electron chi connectivity index (χ4n) is 3.02. The summed E-state index contributed by atoms with van der Waals surface area (Å²) in [5, 5.41) is 7.28. The molecule has 1 amide bonds. The highest BCUT2D eigenvalue weighted by molar-refractivity contribution is 5.80. The van der Waals surface area contributed by atoms with Crippen molar-refractivity contribution in [3.05, 3.63) is 82.9 Å². The smallest absolute Gasteiger partial charge is 0.344 e. The molecule has 7 nitrogen and oxygen atoms in total. The van der Waals surface area contributed by atoms with Gasteiger partial charge in [-0.05, 0) is 31.5 Å². The Morgan fingerprint density at radius 1 is 1.03 bits per heavy atom. The zero-order chi connectivity index (χ0) is 22.2. The number of hydrogen-bond donors (Lipinski definition) is 1.